The molecule has 0 amide bonds. The maximum Gasteiger partial charge on any atom is 0.336 e. The second-order valence-electron chi connectivity index (χ2n) is 8.64. The monoisotopic (exact) mass is 475 g/mol. The second-order valence-corrected chi connectivity index (χ2v) is 9.08. The fourth-order valence-corrected chi connectivity index (χ4v) is 4.56. The van der Waals surface area contributed by atoms with Gasteiger partial charge in [0.05, 0.1) is 25.4 Å². The van der Waals surface area contributed by atoms with Crippen LogP contribution < -0.4 is 5.32 Å². The molecule has 0 aromatic heterocycles. The quantitative estimate of drug-likeness (QED) is 0.363. The number of nitrogens with one attached hydrogen (secondary N) is 1. The molecular formula is C25H30ClNO6. The van der Waals surface area contributed by atoms with Crippen molar-refractivity contribution in [3.8, 4) is 0 Å². The van der Waals surface area contributed by atoms with Gasteiger partial charge in [-0.1, -0.05) is 30.7 Å². The van der Waals surface area contributed by atoms with Crippen LogP contribution in [-0.4, -0.2) is 44.1 Å². The van der Waals surface area contributed by atoms with Crippen molar-refractivity contribution in [2.24, 2.45) is 11.8 Å². The third-order valence-electron chi connectivity index (χ3n) is 5.93. The molecule has 0 saturated heterocycles. The molecule has 0 bridgehead atoms. The molecule has 0 saturated carbocycles. The van der Waals surface area contributed by atoms with Crippen molar-refractivity contribution in [1.29, 1.82) is 0 Å². The molecule has 0 fully saturated rings. The molecule has 1 aromatic carbocycles. The normalized spacial score (nSPS) is 22.8. The third kappa shape index (κ3) is 5.31. The van der Waals surface area contributed by atoms with Crippen LogP contribution in [0.4, 0.5) is 0 Å². The van der Waals surface area contributed by atoms with Crippen LogP contribution in [0.1, 0.15) is 45.6 Å². The van der Waals surface area contributed by atoms with Crippen molar-refractivity contribution in [1.82, 2.24) is 5.32 Å². The highest BCUT2D eigenvalue weighted by molar-refractivity contribution is 6.30. The number of carbonyl (C=O) groups excluding carboxylic acids is 3. The molecule has 0 unspecified atom stereocenters. The summed E-state index contributed by atoms with van der Waals surface area (Å²) in [7, 11) is 1.27. The summed E-state index contributed by atoms with van der Waals surface area (Å²) < 4.78 is 15.9. The molecule has 3 rings (SSSR count). The van der Waals surface area contributed by atoms with Crippen LogP contribution in [-0.2, 0) is 28.6 Å². The highest BCUT2D eigenvalue weighted by atomic mass is 35.5. The summed E-state index contributed by atoms with van der Waals surface area (Å²) in [4.78, 5) is 39.2. The van der Waals surface area contributed by atoms with Gasteiger partial charge in [-0.2, -0.15) is 0 Å². The summed E-state index contributed by atoms with van der Waals surface area (Å²) in [6.45, 7) is 7.79. The SMILES string of the molecule is COC(=O)[C@H]1C(=O)C2=C(C[C@H]1C)NC(C)=C(C(=O)OCCOC(C)C)[C@H]2c1ccc(Cl)cc1. The number of carbonyl (C=O) groups is 3. The Hall–Kier alpha value is -2.64. The maximum atomic E-state index is 13.6. The van der Waals surface area contributed by atoms with Crippen LogP contribution in [0.15, 0.2) is 46.8 Å². The number of Topliss-reactive ketones (excluding diaryl/α,β-unsaturated/α-hetero) is 1. The van der Waals surface area contributed by atoms with E-state index in [1.807, 2.05) is 20.8 Å². The van der Waals surface area contributed by atoms with Crippen LogP contribution in [0.25, 0.3) is 0 Å². The largest absolute Gasteiger partial charge is 0.468 e. The van der Waals surface area contributed by atoms with E-state index in [2.05, 4.69) is 5.32 Å². The van der Waals surface area contributed by atoms with Gasteiger partial charge in [0.15, 0.2) is 5.78 Å². The number of ether oxygens (including phenoxy) is 3. The summed E-state index contributed by atoms with van der Waals surface area (Å²) in [6, 6.07) is 6.98. The first-order chi connectivity index (χ1) is 15.6. The minimum atomic E-state index is -0.930. The van der Waals surface area contributed by atoms with Crippen molar-refractivity contribution in [3.63, 3.8) is 0 Å². The van der Waals surface area contributed by atoms with Crippen LogP contribution in [0.2, 0.25) is 5.02 Å². The summed E-state index contributed by atoms with van der Waals surface area (Å²) in [6.07, 6.45) is 0.500. The Bertz CT molecular complexity index is 995. The number of methoxy groups -OCH3 is 1. The molecule has 1 N–H and O–H groups in total. The molecular weight excluding hydrogens is 446 g/mol. The number of halogens is 1. The average Bonchev–Trinajstić information content (AvgIpc) is 2.75. The summed E-state index contributed by atoms with van der Waals surface area (Å²) in [5.41, 5.74) is 2.75. The maximum absolute atomic E-state index is 13.6. The number of dihydropyridines is 1. The Balaban J connectivity index is 2.02. The number of hydrogen-bond donors (Lipinski definition) is 1. The lowest BCUT2D eigenvalue weighted by Gasteiger charge is -2.38. The fourth-order valence-electron chi connectivity index (χ4n) is 4.44. The van der Waals surface area contributed by atoms with E-state index in [-0.39, 0.29) is 31.0 Å². The number of allylic oxidation sites excluding steroid dienone is 3. The van der Waals surface area contributed by atoms with E-state index in [1.54, 1.807) is 31.2 Å². The minimum Gasteiger partial charge on any atom is -0.468 e. The van der Waals surface area contributed by atoms with E-state index >= 15 is 0 Å². The van der Waals surface area contributed by atoms with E-state index in [0.717, 1.165) is 0 Å². The Labute approximate surface area is 199 Å². The van der Waals surface area contributed by atoms with Crippen molar-refractivity contribution in [2.75, 3.05) is 20.3 Å². The van der Waals surface area contributed by atoms with Gasteiger partial charge in [-0.05, 0) is 50.8 Å². The second kappa shape index (κ2) is 10.5. The molecule has 1 aliphatic carbocycles. The van der Waals surface area contributed by atoms with Gasteiger partial charge >= 0.3 is 11.9 Å². The van der Waals surface area contributed by atoms with Gasteiger partial charge < -0.3 is 19.5 Å². The Morgan fingerprint density at radius 1 is 1.18 bits per heavy atom. The van der Waals surface area contributed by atoms with Crippen molar-refractivity contribution < 1.29 is 28.6 Å². The van der Waals surface area contributed by atoms with Gasteiger partial charge in [-0.15, -0.1) is 0 Å². The minimum absolute atomic E-state index is 0.0210. The lowest BCUT2D eigenvalue weighted by Crippen LogP contribution is -2.43. The zero-order chi connectivity index (χ0) is 24.3. The molecule has 1 aliphatic heterocycles. The number of benzene rings is 1. The molecule has 2 aliphatic rings. The molecule has 8 heteroatoms. The van der Waals surface area contributed by atoms with E-state index in [4.69, 9.17) is 25.8 Å². The molecule has 178 valence electrons. The standard InChI is InChI=1S/C25H30ClNO6/c1-13(2)32-10-11-33-25(30)20-15(4)27-18-12-14(3)19(24(29)31-5)23(28)22(18)21(20)16-6-8-17(26)9-7-16/h6-9,13-14,19,21,27H,10-12H2,1-5H3/t14-,19-,21-/m1/s1. The highest BCUT2D eigenvalue weighted by Crippen LogP contribution is 2.45. The third-order valence-corrected chi connectivity index (χ3v) is 6.19. The van der Waals surface area contributed by atoms with Crippen LogP contribution in [0.3, 0.4) is 0 Å². The predicted molar refractivity (Wildman–Crippen MR) is 123 cm³/mol. The topological polar surface area (TPSA) is 90.9 Å². The molecule has 33 heavy (non-hydrogen) atoms. The first-order valence-corrected chi connectivity index (χ1v) is 11.4. The predicted octanol–water partition coefficient (Wildman–Crippen LogP) is 3.92. The van der Waals surface area contributed by atoms with Gasteiger partial charge in [0.1, 0.15) is 12.5 Å². The molecule has 0 radical (unpaired) electrons. The smallest absolute Gasteiger partial charge is 0.336 e. The number of ketones is 1. The summed E-state index contributed by atoms with van der Waals surface area (Å²) in [5, 5.41) is 3.77. The Morgan fingerprint density at radius 2 is 1.85 bits per heavy atom. The van der Waals surface area contributed by atoms with Crippen LogP contribution >= 0.6 is 11.6 Å². The zero-order valence-corrected chi connectivity index (χ0v) is 20.3. The first-order valence-electron chi connectivity index (χ1n) is 11.0. The number of esters is 2. The van der Waals surface area contributed by atoms with Gasteiger partial charge in [-0.3, -0.25) is 9.59 Å². The lowest BCUT2D eigenvalue weighted by molar-refractivity contribution is -0.151. The molecule has 1 heterocycles. The summed E-state index contributed by atoms with van der Waals surface area (Å²) >= 11 is 6.09. The van der Waals surface area contributed by atoms with Crippen molar-refractivity contribution in [2.45, 2.75) is 46.1 Å². The van der Waals surface area contributed by atoms with Crippen LogP contribution in [0.5, 0.6) is 0 Å². The molecule has 3 atom stereocenters. The van der Waals surface area contributed by atoms with Crippen LogP contribution in [0, 0.1) is 11.8 Å². The molecule has 7 nitrogen and oxygen atoms in total. The highest BCUT2D eigenvalue weighted by Gasteiger charge is 2.47. The van der Waals surface area contributed by atoms with E-state index in [9.17, 15) is 14.4 Å². The van der Waals surface area contributed by atoms with Gasteiger partial charge in [-0.25, -0.2) is 4.79 Å². The van der Waals surface area contributed by atoms with Crippen molar-refractivity contribution in [3.05, 3.63) is 57.4 Å². The average molecular weight is 476 g/mol. The Kier molecular flexibility index (Phi) is 7.97. The summed E-state index contributed by atoms with van der Waals surface area (Å²) in [5.74, 6) is -3.32. The van der Waals surface area contributed by atoms with E-state index < -0.39 is 23.8 Å². The van der Waals surface area contributed by atoms with E-state index in [0.29, 0.717) is 39.5 Å². The van der Waals surface area contributed by atoms with Gasteiger partial charge in [0.2, 0.25) is 0 Å². The molecule has 1 aromatic rings. The fraction of sp³-hybridized carbons (Fsp3) is 0.480. The number of rotatable bonds is 7. The van der Waals surface area contributed by atoms with E-state index in [1.165, 1.54) is 7.11 Å². The van der Waals surface area contributed by atoms with Gasteiger partial charge in [0, 0.05) is 27.9 Å². The molecule has 0 spiro atoms. The Morgan fingerprint density at radius 3 is 2.45 bits per heavy atom. The van der Waals surface area contributed by atoms with Crippen molar-refractivity contribution >= 4 is 29.3 Å². The zero-order valence-electron chi connectivity index (χ0n) is 19.6. The number of hydrogen-bond acceptors (Lipinski definition) is 7. The first kappa shape index (κ1) is 25.0. The lowest BCUT2D eigenvalue weighted by atomic mass is 9.69. The van der Waals surface area contributed by atoms with Gasteiger partial charge in [0.25, 0.3) is 0 Å².